The molecule has 92 valence electrons. The van der Waals surface area contributed by atoms with Gasteiger partial charge in [0.05, 0.1) is 12.1 Å². The number of benzene rings is 1. The maximum atomic E-state index is 10.1. The highest BCUT2D eigenvalue weighted by atomic mass is 79.9. The lowest BCUT2D eigenvalue weighted by Crippen LogP contribution is -2.28. The fourth-order valence-electron chi connectivity index (χ4n) is 2.10. The standard InChI is InChI=1S/C12H14BrNO3/c13-8-4-10-9(16-5-17-10)3-7(8)11(14)12(15)6-1-2-6/h3-4,6,11-12,15H,1-2,5,14H2/t11-,12+/m0/s1. The van der Waals surface area contributed by atoms with Gasteiger partial charge in [0, 0.05) is 4.47 Å². The normalized spacial score (nSPS) is 21.4. The molecule has 3 N–H and O–H groups in total. The summed E-state index contributed by atoms with van der Waals surface area (Å²) in [6.07, 6.45) is 1.65. The van der Waals surface area contributed by atoms with Crippen LogP contribution in [0.15, 0.2) is 16.6 Å². The highest BCUT2D eigenvalue weighted by Crippen LogP contribution is 2.42. The fraction of sp³-hybridized carbons (Fsp3) is 0.500. The molecule has 0 radical (unpaired) electrons. The molecule has 1 saturated carbocycles. The molecule has 3 rings (SSSR count). The first kappa shape index (κ1) is 11.3. The molecule has 1 aliphatic carbocycles. The average Bonchev–Trinajstić information content (AvgIpc) is 3.06. The zero-order chi connectivity index (χ0) is 12.0. The molecule has 0 saturated heterocycles. The summed E-state index contributed by atoms with van der Waals surface area (Å²) in [6.45, 7) is 0.242. The summed E-state index contributed by atoms with van der Waals surface area (Å²) in [6, 6.07) is 3.31. The van der Waals surface area contributed by atoms with Crippen molar-refractivity contribution >= 4 is 15.9 Å². The summed E-state index contributed by atoms with van der Waals surface area (Å²) in [5, 5.41) is 10.1. The molecule has 2 atom stereocenters. The molecule has 1 aliphatic heterocycles. The van der Waals surface area contributed by atoms with Gasteiger partial charge in [-0.25, -0.2) is 0 Å². The Kier molecular flexibility index (Phi) is 2.77. The van der Waals surface area contributed by atoms with Crippen molar-refractivity contribution in [3.05, 3.63) is 22.2 Å². The predicted molar refractivity (Wildman–Crippen MR) is 65.9 cm³/mol. The van der Waals surface area contributed by atoms with E-state index in [2.05, 4.69) is 15.9 Å². The maximum absolute atomic E-state index is 10.1. The van der Waals surface area contributed by atoms with Crippen LogP contribution in [0.4, 0.5) is 0 Å². The van der Waals surface area contributed by atoms with Crippen molar-refractivity contribution < 1.29 is 14.6 Å². The summed E-state index contributed by atoms with van der Waals surface area (Å²) in [5.74, 6) is 1.76. The Labute approximate surface area is 108 Å². The molecule has 1 heterocycles. The van der Waals surface area contributed by atoms with Gasteiger partial charge in [-0.15, -0.1) is 0 Å². The third-order valence-corrected chi connectivity index (χ3v) is 4.01. The van der Waals surface area contributed by atoms with Crippen molar-refractivity contribution in [3.8, 4) is 11.5 Å². The molecular formula is C12H14BrNO3. The summed E-state index contributed by atoms with van der Waals surface area (Å²) in [4.78, 5) is 0. The van der Waals surface area contributed by atoms with Gasteiger partial charge in [-0.05, 0) is 36.5 Å². The number of fused-ring (bicyclic) bond motifs is 1. The van der Waals surface area contributed by atoms with E-state index < -0.39 is 6.10 Å². The van der Waals surface area contributed by atoms with Gasteiger partial charge in [0.15, 0.2) is 11.5 Å². The Hall–Kier alpha value is -0.780. The molecule has 5 heteroatoms. The van der Waals surface area contributed by atoms with E-state index in [1.54, 1.807) is 0 Å². The van der Waals surface area contributed by atoms with Crippen LogP contribution in [-0.4, -0.2) is 18.0 Å². The Morgan fingerprint density at radius 2 is 1.94 bits per heavy atom. The van der Waals surface area contributed by atoms with E-state index in [-0.39, 0.29) is 12.8 Å². The Balaban J connectivity index is 1.91. The first-order valence-electron chi connectivity index (χ1n) is 5.69. The highest BCUT2D eigenvalue weighted by Gasteiger charge is 2.35. The minimum absolute atomic E-state index is 0.242. The van der Waals surface area contributed by atoms with Crippen LogP contribution in [0.5, 0.6) is 11.5 Å². The van der Waals surface area contributed by atoms with Crippen molar-refractivity contribution in [2.24, 2.45) is 11.7 Å². The average molecular weight is 300 g/mol. The second-order valence-corrected chi connectivity index (χ2v) is 5.44. The number of nitrogens with two attached hydrogens (primary N) is 1. The van der Waals surface area contributed by atoms with E-state index in [1.807, 2.05) is 12.1 Å². The first-order chi connectivity index (χ1) is 8.16. The van der Waals surface area contributed by atoms with Crippen molar-refractivity contribution in [1.82, 2.24) is 0 Å². The molecule has 0 aromatic heterocycles. The summed E-state index contributed by atoms with van der Waals surface area (Å²) < 4.78 is 11.5. The van der Waals surface area contributed by atoms with Crippen LogP contribution in [0.2, 0.25) is 0 Å². The second kappa shape index (κ2) is 4.15. The fourth-order valence-corrected chi connectivity index (χ4v) is 2.69. The highest BCUT2D eigenvalue weighted by molar-refractivity contribution is 9.10. The molecule has 2 aliphatic rings. The zero-order valence-corrected chi connectivity index (χ0v) is 10.8. The molecule has 0 unspecified atom stereocenters. The van der Waals surface area contributed by atoms with E-state index in [4.69, 9.17) is 15.2 Å². The number of halogens is 1. The Bertz CT molecular complexity index is 448. The van der Waals surface area contributed by atoms with Gasteiger partial charge in [0.25, 0.3) is 0 Å². The molecule has 0 amide bonds. The number of aliphatic hydroxyl groups is 1. The smallest absolute Gasteiger partial charge is 0.231 e. The van der Waals surface area contributed by atoms with Gasteiger partial charge >= 0.3 is 0 Å². The number of aliphatic hydroxyl groups excluding tert-OH is 1. The number of hydrogen-bond donors (Lipinski definition) is 2. The Morgan fingerprint density at radius 3 is 2.59 bits per heavy atom. The van der Waals surface area contributed by atoms with Gasteiger partial charge in [-0.3, -0.25) is 0 Å². The van der Waals surface area contributed by atoms with Crippen LogP contribution >= 0.6 is 15.9 Å². The largest absolute Gasteiger partial charge is 0.454 e. The number of hydrogen-bond acceptors (Lipinski definition) is 4. The van der Waals surface area contributed by atoms with Crippen LogP contribution in [-0.2, 0) is 0 Å². The van der Waals surface area contributed by atoms with Crippen molar-refractivity contribution in [1.29, 1.82) is 0 Å². The molecule has 17 heavy (non-hydrogen) atoms. The molecular weight excluding hydrogens is 286 g/mol. The molecule has 0 bridgehead atoms. The van der Waals surface area contributed by atoms with Gasteiger partial charge in [-0.2, -0.15) is 0 Å². The van der Waals surface area contributed by atoms with Gasteiger partial charge in [-0.1, -0.05) is 15.9 Å². The van der Waals surface area contributed by atoms with Crippen molar-refractivity contribution in [2.75, 3.05) is 6.79 Å². The van der Waals surface area contributed by atoms with Crippen LogP contribution in [0.3, 0.4) is 0 Å². The lowest BCUT2D eigenvalue weighted by atomic mass is 9.99. The SMILES string of the molecule is N[C@@H](c1cc2c(cc1Br)OCO2)[C@H](O)C1CC1. The van der Waals surface area contributed by atoms with Crippen LogP contribution in [0, 0.1) is 5.92 Å². The van der Waals surface area contributed by atoms with E-state index in [1.165, 1.54) is 0 Å². The molecule has 1 aromatic rings. The van der Waals surface area contributed by atoms with Gasteiger partial charge < -0.3 is 20.3 Å². The lowest BCUT2D eigenvalue weighted by Gasteiger charge is -2.20. The van der Waals surface area contributed by atoms with E-state index in [0.717, 1.165) is 22.9 Å². The molecule has 1 aromatic carbocycles. The van der Waals surface area contributed by atoms with Crippen LogP contribution in [0.25, 0.3) is 0 Å². The first-order valence-corrected chi connectivity index (χ1v) is 6.49. The van der Waals surface area contributed by atoms with Crippen molar-refractivity contribution in [3.63, 3.8) is 0 Å². The van der Waals surface area contributed by atoms with Crippen molar-refractivity contribution in [2.45, 2.75) is 25.0 Å². The molecule has 0 spiro atoms. The zero-order valence-electron chi connectivity index (χ0n) is 9.23. The van der Waals surface area contributed by atoms with E-state index in [9.17, 15) is 5.11 Å². The van der Waals surface area contributed by atoms with Crippen LogP contribution in [0.1, 0.15) is 24.4 Å². The lowest BCUT2D eigenvalue weighted by molar-refractivity contribution is 0.122. The Morgan fingerprint density at radius 1 is 1.29 bits per heavy atom. The minimum atomic E-state index is -0.480. The predicted octanol–water partition coefficient (Wildman–Crippen LogP) is 1.95. The van der Waals surface area contributed by atoms with Gasteiger partial charge in [0.1, 0.15) is 0 Å². The number of ether oxygens (including phenoxy) is 2. The van der Waals surface area contributed by atoms with E-state index >= 15 is 0 Å². The molecule has 4 nitrogen and oxygen atoms in total. The number of rotatable bonds is 3. The topological polar surface area (TPSA) is 64.7 Å². The minimum Gasteiger partial charge on any atom is -0.454 e. The van der Waals surface area contributed by atoms with Crippen LogP contribution < -0.4 is 15.2 Å². The van der Waals surface area contributed by atoms with E-state index in [0.29, 0.717) is 17.4 Å². The summed E-state index contributed by atoms with van der Waals surface area (Å²) in [5.41, 5.74) is 6.97. The monoisotopic (exact) mass is 299 g/mol. The third kappa shape index (κ3) is 2.03. The second-order valence-electron chi connectivity index (χ2n) is 4.58. The summed E-state index contributed by atoms with van der Waals surface area (Å²) >= 11 is 3.46. The maximum Gasteiger partial charge on any atom is 0.231 e. The molecule has 1 fully saturated rings. The third-order valence-electron chi connectivity index (χ3n) is 3.32. The quantitative estimate of drug-likeness (QED) is 0.895. The van der Waals surface area contributed by atoms with Gasteiger partial charge in [0.2, 0.25) is 6.79 Å². The summed E-state index contributed by atoms with van der Waals surface area (Å²) in [7, 11) is 0.